The molecule has 2 aliphatic rings. The molecule has 1 heterocycles. The molecule has 1 aliphatic heterocycles. The van der Waals surface area contributed by atoms with Crippen molar-refractivity contribution in [2.24, 2.45) is 11.8 Å². The number of Topliss-reactive ketones (excluding diaryl/α,β-unsaturated/α-hetero) is 2. The molecule has 0 spiro atoms. The van der Waals surface area contributed by atoms with Crippen molar-refractivity contribution in [3.05, 3.63) is 64.7 Å². The first-order valence-corrected chi connectivity index (χ1v) is 10.6. The largest absolute Gasteiger partial charge is 0.489 e. The minimum atomic E-state index is -0.0986. The van der Waals surface area contributed by atoms with E-state index in [1.54, 1.807) is 6.07 Å². The van der Waals surface area contributed by atoms with Crippen LogP contribution in [0.25, 0.3) is 0 Å². The normalized spacial score (nSPS) is 24.7. The molecular formula is C25H28O4. The Hall–Kier alpha value is -2.46. The molecule has 1 aliphatic carbocycles. The van der Waals surface area contributed by atoms with Gasteiger partial charge in [0.2, 0.25) is 0 Å². The molecule has 4 nitrogen and oxygen atoms in total. The smallest absolute Gasteiger partial charge is 0.166 e. The Morgan fingerprint density at radius 2 is 1.86 bits per heavy atom. The number of rotatable bonds is 8. The van der Waals surface area contributed by atoms with Crippen molar-refractivity contribution in [3.8, 4) is 5.75 Å². The van der Waals surface area contributed by atoms with Crippen LogP contribution in [0, 0.1) is 11.8 Å². The molecule has 0 amide bonds. The van der Waals surface area contributed by atoms with E-state index in [1.165, 1.54) is 0 Å². The maximum atomic E-state index is 13.0. The summed E-state index contributed by atoms with van der Waals surface area (Å²) in [5.41, 5.74) is 3.20. The average Bonchev–Trinajstić information content (AvgIpc) is 3.36. The maximum absolute atomic E-state index is 13.0. The second kappa shape index (κ2) is 8.11. The molecule has 0 saturated heterocycles. The average molecular weight is 392 g/mol. The third-order valence-electron chi connectivity index (χ3n) is 6.34. The Labute approximate surface area is 171 Å². The van der Waals surface area contributed by atoms with E-state index in [0.717, 1.165) is 24.0 Å². The molecule has 4 rings (SSSR count). The summed E-state index contributed by atoms with van der Waals surface area (Å²) in [4.78, 5) is 25.7. The highest BCUT2D eigenvalue weighted by Gasteiger charge is 2.39. The van der Waals surface area contributed by atoms with Gasteiger partial charge in [-0.1, -0.05) is 37.3 Å². The van der Waals surface area contributed by atoms with Crippen molar-refractivity contribution in [3.63, 3.8) is 0 Å². The summed E-state index contributed by atoms with van der Waals surface area (Å²) in [6.45, 7) is 4.03. The second-order valence-corrected chi connectivity index (χ2v) is 8.33. The van der Waals surface area contributed by atoms with Gasteiger partial charge >= 0.3 is 0 Å². The van der Waals surface area contributed by atoms with Crippen LogP contribution in [0.2, 0.25) is 0 Å². The van der Waals surface area contributed by atoms with Crippen LogP contribution in [0.1, 0.15) is 77.3 Å². The predicted octanol–water partition coefficient (Wildman–Crippen LogP) is 4.78. The molecule has 1 saturated carbocycles. The van der Waals surface area contributed by atoms with Crippen LogP contribution in [-0.4, -0.2) is 29.4 Å². The van der Waals surface area contributed by atoms with E-state index in [-0.39, 0.29) is 30.2 Å². The number of ketones is 2. The van der Waals surface area contributed by atoms with E-state index >= 15 is 0 Å². The zero-order chi connectivity index (χ0) is 20.5. The zero-order valence-electron chi connectivity index (χ0n) is 17.1. The standard InChI is InChI=1S/C25H28O4/c1-3-22(27)20-12-19(23(28)14-18-11-17(18)9-10-26)13-21-24(15(2)29-25(20)21)16-7-5-4-6-8-16/h4-8,12-13,15,17-18,24,26H,3,9-11,14H2,1-2H3/t15-,17+,18-,24+/m1/s1. The molecule has 2 aromatic carbocycles. The number of carbonyl (C=O) groups excluding carboxylic acids is 2. The number of aliphatic hydroxyl groups excluding tert-OH is 1. The summed E-state index contributed by atoms with van der Waals surface area (Å²) in [7, 11) is 0. The fourth-order valence-electron chi connectivity index (χ4n) is 4.63. The van der Waals surface area contributed by atoms with Crippen LogP contribution in [0.3, 0.4) is 0 Å². The van der Waals surface area contributed by atoms with E-state index < -0.39 is 0 Å². The maximum Gasteiger partial charge on any atom is 0.166 e. The lowest BCUT2D eigenvalue weighted by Crippen LogP contribution is -2.15. The highest BCUT2D eigenvalue weighted by molar-refractivity contribution is 6.04. The highest BCUT2D eigenvalue weighted by Crippen LogP contribution is 2.47. The van der Waals surface area contributed by atoms with Gasteiger partial charge in [0.05, 0.1) is 5.56 Å². The van der Waals surface area contributed by atoms with Crippen molar-refractivity contribution in [1.82, 2.24) is 0 Å². The van der Waals surface area contributed by atoms with Crippen molar-refractivity contribution in [2.75, 3.05) is 6.61 Å². The van der Waals surface area contributed by atoms with Gasteiger partial charge in [0.15, 0.2) is 11.6 Å². The van der Waals surface area contributed by atoms with E-state index in [9.17, 15) is 9.59 Å². The molecule has 0 radical (unpaired) electrons. The third-order valence-corrected chi connectivity index (χ3v) is 6.34. The molecule has 2 aromatic rings. The molecule has 1 fully saturated rings. The molecule has 1 N–H and O–H groups in total. The van der Waals surface area contributed by atoms with Crippen molar-refractivity contribution in [1.29, 1.82) is 0 Å². The van der Waals surface area contributed by atoms with Gasteiger partial charge in [-0.3, -0.25) is 9.59 Å². The number of fused-ring (bicyclic) bond motifs is 1. The summed E-state index contributed by atoms with van der Waals surface area (Å²) < 4.78 is 6.15. The Balaban J connectivity index is 1.70. The molecule has 4 heteroatoms. The Morgan fingerprint density at radius 1 is 1.10 bits per heavy atom. The van der Waals surface area contributed by atoms with Gasteiger partial charge in [-0.15, -0.1) is 0 Å². The number of benzene rings is 2. The summed E-state index contributed by atoms with van der Waals surface area (Å²) in [6.07, 6.45) is 2.53. The summed E-state index contributed by atoms with van der Waals surface area (Å²) >= 11 is 0. The summed E-state index contributed by atoms with van der Waals surface area (Å²) in [5, 5.41) is 9.10. The van der Waals surface area contributed by atoms with E-state index in [1.807, 2.05) is 38.1 Å². The van der Waals surface area contributed by atoms with Gasteiger partial charge in [-0.2, -0.15) is 0 Å². The lowest BCUT2D eigenvalue weighted by Gasteiger charge is -2.15. The monoisotopic (exact) mass is 392 g/mol. The van der Waals surface area contributed by atoms with Gasteiger partial charge in [-0.05, 0) is 49.3 Å². The number of hydrogen-bond acceptors (Lipinski definition) is 4. The highest BCUT2D eigenvalue weighted by atomic mass is 16.5. The molecule has 0 aromatic heterocycles. The minimum Gasteiger partial charge on any atom is -0.489 e. The summed E-state index contributed by atoms with van der Waals surface area (Å²) in [5.74, 6) is 1.53. The number of ether oxygens (including phenoxy) is 1. The van der Waals surface area contributed by atoms with Crippen LogP contribution in [-0.2, 0) is 0 Å². The number of aliphatic hydroxyl groups is 1. The number of hydrogen-bond donors (Lipinski definition) is 1. The third kappa shape index (κ3) is 3.86. The van der Waals surface area contributed by atoms with Crippen LogP contribution in [0.4, 0.5) is 0 Å². The second-order valence-electron chi connectivity index (χ2n) is 8.33. The van der Waals surface area contributed by atoms with Crippen molar-refractivity contribution < 1.29 is 19.4 Å². The first-order chi connectivity index (χ1) is 14.0. The fraction of sp³-hybridized carbons (Fsp3) is 0.440. The van der Waals surface area contributed by atoms with Gasteiger partial charge in [0.1, 0.15) is 11.9 Å². The lowest BCUT2D eigenvalue weighted by atomic mass is 9.85. The first kappa shape index (κ1) is 19.8. The van der Waals surface area contributed by atoms with E-state index in [2.05, 4.69) is 12.1 Å². The summed E-state index contributed by atoms with van der Waals surface area (Å²) in [6, 6.07) is 13.8. The Bertz CT molecular complexity index is 918. The SMILES string of the molecule is CCC(=O)c1cc(C(=O)C[C@H]2C[C@@H]2CCO)cc2c1O[C@H](C)[C@H]2c1ccccc1. The van der Waals surface area contributed by atoms with E-state index in [0.29, 0.717) is 41.6 Å². The molecule has 4 atom stereocenters. The van der Waals surface area contributed by atoms with Gasteiger partial charge in [0.25, 0.3) is 0 Å². The van der Waals surface area contributed by atoms with Crippen LogP contribution in [0.5, 0.6) is 5.75 Å². The van der Waals surface area contributed by atoms with E-state index in [4.69, 9.17) is 9.84 Å². The van der Waals surface area contributed by atoms with Crippen molar-refractivity contribution >= 4 is 11.6 Å². The van der Waals surface area contributed by atoms with Crippen LogP contribution < -0.4 is 4.74 Å². The van der Waals surface area contributed by atoms with Gasteiger partial charge in [-0.25, -0.2) is 0 Å². The minimum absolute atomic E-state index is 0.00129. The fourth-order valence-corrected chi connectivity index (χ4v) is 4.63. The Kier molecular flexibility index (Phi) is 5.55. The van der Waals surface area contributed by atoms with Gasteiger partial charge in [0, 0.05) is 36.5 Å². The molecule has 29 heavy (non-hydrogen) atoms. The molecule has 0 bridgehead atoms. The first-order valence-electron chi connectivity index (χ1n) is 10.6. The topological polar surface area (TPSA) is 63.6 Å². The Morgan fingerprint density at radius 3 is 2.55 bits per heavy atom. The number of carbonyl (C=O) groups is 2. The molecule has 0 unspecified atom stereocenters. The van der Waals surface area contributed by atoms with Gasteiger partial charge < -0.3 is 9.84 Å². The molecular weight excluding hydrogens is 364 g/mol. The quantitative estimate of drug-likeness (QED) is 0.657. The zero-order valence-corrected chi connectivity index (χ0v) is 17.1. The van der Waals surface area contributed by atoms with Crippen molar-refractivity contribution in [2.45, 2.75) is 51.6 Å². The predicted molar refractivity (Wildman–Crippen MR) is 112 cm³/mol. The van der Waals surface area contributed by atoms with Crippen LogP contribution in [0.15, 0.2) is 42.5 Å². The molecule has 152 valence electrons. The lowest BCUT2D eigenvalue weighted by molar-refractivity contribution is 0.0973. The van der Waals surface area contributed by atoms with Crippen LogP contribution >= 0.6 is 0 Å².